The topological polar surface area (TPSA) is 78.4 Å². The highest BCUT2D eigenvalue weighted by molar-refractivity contribution is 7.09. The molecule has 4 rings (SSSR count). The van der Waals surface area contributed by atoms with Crippen molar-refractivity contribution in [2.24, 2.45) is 0 Å². The van der Waals surface area contributed by atoms with E-state index < -0.39 is 11.2 Å². The second-order valence-corrected chi connectivity index (χ2v) is 8.38. The molecule has 0 radical (unpaired) electrons. The van der Waals surface area contributed by atoms with E-state index in [9.17, 15) is 14.4 Å². The van der Waals surface area contributed by atoms with E-state index in [1.54, 1.807) is 4.90 Å². The Morgan fingerprint density at radius 1 is 1.00 bits per heavy atom. The summed E-state index contributed by atoms with van der Waals surface area (Å²) in [5.41, 5.74) is 0.277. The monoisotopic (exact) mass is 424 g/mol. The van der Waals surface area contributed by atoms with E-state index in [0.717, 1.165) is 35.5 Å². The van der Waals surface area contributed by atoms with Crippen molar-refractivity contribution in [3.05, 3.63) is 90.9 Å². The number of carbonyl (C=O) groups excluding carboxylic acids is 1. The Labute approximate surface area is 178 Å². The number of benzene rings is 1. The van der Waals surface area contributed by atoms with Gasteiger partial charge in [0.1, 0.15) is 5.56 Å². The van der Waals surface area contributed by atoms with Gasteiger partial charge in [-0.25, -0.2) is 4.79 Å². The van der Waals surface area contributed by atoms with Crippen molar-refractivity contribution in [2.75, 3.05) is 32.7 Å². The number of aromatic amines is 1. The van der Waals surface area contributed by atoms with Crippen LogP contribution in [0.25, 0.3) is 0 Å². The summed E-state index contributed by atoms with van der Waals surface area (Å²) in [6.45, 7) is 3.78. The summed E-state index contributed by atoms with van der Waals surface area (Å²) in [6.07, 6.45) is 2.22. The molecule has 0 aliphatic carbocycles. The normalized spacial score (nSPS) is 14.7. The lowest BCUT2D eigenvalue weighted by atomic mass is 10.1. The van der Waals surface area contributed by atoms with Gasteiger partial charge in [-0.05, 0) is 23.4 Å². The molecule has 30 heavy (non-hydrogen) atoms. The number of carbonyl (C=O) groups is 1. The van der Waals surface area contributed by atoms with E-state index in [-0.39, 0.29) is 18.0 Å². The summed E-state index contributed by atoms with van der Waals surface area (Å²) in [6, 6.07) is 14.1. The van der Waals surface area contributed by atoms with Crippen molar-refractivity contribution in [3.8, 4) is 0 Å². The molecule has 7 nitrogen and oxygen atoms in total. The highest BCUT2D eigenvalue weighted by Gasteiger charge is 2.25. The number of hydrogen-bond acceptors (Lipinski definition) is 5. The minimum Gasteiger partial charge on any atom is -0.336 e. The molecule has 1 saturated heterocycles. The second kappa shape index (κ2) is 9.23. The number of hydrogen-bond donors (Lipinski definition) is 1. The summed E-state index contributed by atoms with van der Waals surface area (Å²) in [5, 5.41) is 1.89. The summed E-state index contributed by atoms with van der Waals surface area (Å²) < 4.78 is 1.09. The van der Waals surface area contributed by atoms with Crippen LogP contribution in [-0.2, 0) is 13.0 Å². The Morgan fingerprint density at radius 2 is 1.77 bits per heavy atom. The Kier molecular flexibility index (Phi) is 6.25. The van der Waals surface area contributed by atoms with Crippen LogP contribution in [0.5, 0.6) is 0 Å². The first-order valence-electron chi connectivity index (χ1n) is 10.0. The van der Waals surface area contributed by atoms with Crippen LogP contribution in [0.1, 0.15) is 20.8 Å². The van der Waals surface area contributed by atoms with E-state index >= 15 is 0 Å². The smallest absolute Gasteiger partial charge is 0.328 e. The highest BCUT2D eigenvalue weighted by Crippen LogP contribution is 2.10. The van der Waals surface area contributed by atoms with E-state index in [1.807, 2.05) is 35.7 Å². The average Bonchev–Trinajstić information content (AvgIpc) is 3.29. The van der Waals surface area contributed by atoms with E-state index in [0.29, 0.717) is 13.1 Å². The van der Waals surface area contributed by atoms with Gasteiger partial charge in [0.2, 0.25) is 0 Å². The molecule has 0 spiro atoms. The molecule has 3 aromatic rings. The fraction of sp³-hybridized carbons (Fsp3) is 0.318. The Bertz CT molecular complexity index is 1100. The summed E-state index contributed by atoms with van der Waals surface area (Å²) in [7, 11) is 0. The molecule has 0 bridgehead atoms. The maximum absolute atomic E-state index is 12.9. The van der Waals surface area contributed by atoms with Crippen LogP contribution in [0.4, 0.5) is 0 Å². The largest absolute Gasteiger partial charge is 0.336 e. The Hall–Kier alpha value is -2.97. The van der Waals surface area contributed by atoms with Gasteiger partial charge in [-0.1, -0.05) is 36.4 Å². The zero-order chi connectivity index (χ0) is 20.9. The van der Waals surface area contributed by atoms with Crippen molar-refractivity contribution in [3.63, 3.8) is 0 Å². The van der Waals surface area contributed by atoms with Gasteiger partial charge in [0, 0.05) is 43.8 Å². The maximum atomic E-state index is 12.9. The van der Waals surface area contributed by atoms with Gasteiger partial charge in [-0.2, -0.15) is 0 Å². The Morgan fingerprint density at radius 3 is 2.47 bits per heavy atom. The molecule has 8 heteroatoms. The number of rotatable bonds is 6. The summed E-state index contributed by atoms with van der Waals surface area (Å²) in [4.78, 5) is 45.4. The lowest BCUT2D eigenvalue weighted by molar-refractivity contribution is 0.0635. The molecule has 0 atom stereocenters. The molecule has 2 aromatic heterocycles. The molecule has 3 heterocycles. The highest BCUT2D eigenvalue weighted by atomic mass is 32.1. The first-order valence-corrected chi connectivity index (χ1v) is 10.9. The summed E-state index contributed by atoms with van der Waals surface area (Å²) >= 11 is 1.47. The van der Waals surface area contributed by atoms with Crippen LogP contribution in [0.3, 0.4) is 0 Å². The number of nitrogens with one attached hydrogen (secondary N) is 1. The lowest BCUT2D eigenvalue weighted by Crippen LogP contribution is -2.50. The molecule has 1 amide bonds. The first-order chi connectivity index (χ1) is 14.6. The predicted octanol–water partition coefficient (Wildman–Crippen LogP) is 1.65. The molecule has 1 fully saturated rings. The minimum atomic E-state index is -0.538. The predicted molar refractivity (Wildman–Crippen MR) is 117 cm³/mol. The minimum absolute atomic E-state index is 0.0175. The molecular formula is C22H24N4O3S. The van der Waals surface area contributed by atoms with Crippen molar-refractivity contribution in [2.45, 2.75) is 13.0 Å². The molecule has 156 valence electrons. The van der Waals surface area contributed by atoms with Gasteiger partial charge in [0.25, 0.3) is 11.5 Å². The zero-order valence-corrected chi connectivity index (χ0v) is 17.4. The van der Waals surface area contributed by atoms with E-state index in [1.165, 1.54) is 23.1 Å². The quantitative estimate of drug-likeness (QED) is 0.653. The van der Waals surface area contributed by atoms with Crippen molar-refractivity contribution in [1.29, 1.82) is 0 Å². The number of aromatic nitrogens is 2. The van der Waals surface area contributed by atoms with E-state index in [4.69, 9.17) is 0 Å². The van der Waals surface area contributed by atoms with Crippen LogP contribution >= 0.6 is 11.3 Å². The van der Waals surface area contributed by atoms with Crippen LogP contribution < -0.4 is 11.2 Å². The first kappa shape index (κ1) is 20.3. The number of H-pyrrole nitrogens is 1. The standard InChI is InChI=1S/C22H24N4O3S/c27-20(19-15-23-22(29)26(21(19)28)16-18-7-4-14-30-18)25-12-10-24(11-13-25)9-8-17-5-2-1-3-6-17/h1-7,14-15H,8-13,16H2,(H,23,29). The number of amides is 1. The molecular weight excluding hydrogens is 400 g/mol. The molecule has 0 saturated carbocycles. The fourth-order valence-electron chi connectivity index (χ4n) is 3.64. The molecule has 1 aromatic carbocycles. The van der Waals surface area contributed by atoms with Crippen LogP contribution in [0.15, 0.2) is 63.6 Å². The fourth-order valence-corrected chi connectivity index (χ4v) is 4.34. The molecule has 1 aliphatic rings. The molecule has 1 N–H and O–H groups in total. The third-order valence-electron chi connectivity index (χ3n) is 5.40. The number of nitrogens with zero attached hydrogens (tertiary/aromatic N) is 3. The molecule has 1 aliphatic heterocycles. The van der Waals surface area contributed by atoms with Crippen molar-refractivity contribution in [1.82, 2.24) is 19.4 Å². The van der Waals surface area contributed by atoms with Crippen LogP contribution in [0.2, 0.25) is 0 Å². The van der Waals surface area contributed by atoms with Gasteiger partial charge in [0.05, 0.1) is 6.54 Å². The summed E-state index contributed by atoms with van der Waals surface area (Å²) in [5.74, 6) is -0.320. The third-order valence-corrected chi connectivity index (χ3v) is 6.27. The van der Waals surface area contributed by atoms with Crippen molar-refractivity contribution < 1.29 is 4.79 Å². The van der Waals surface area contributed by atoms with Crippen LogP contribution in [-0.4, -0.2) is 58.0 Å². The maximum Gasteiger partial charge on any atom is 0.328 e. The second-order valence-electron chi connectivity index (χ2n) is 7.35. The molecule has 0 unspecified atom stereocenters. The lowest BCUT2D eigenvalue weighted by Gasteiger charge is -2.34. The number of thiophene rings is 1. The van der Waals surface area contributed by atoms with Gasteiger partial charge in [-0.15, -0.1) is 11.3 Å². The van der Waals surface area contributed by atoms with Gasteiger partial charge < -0.3 is 9.88 Å². The SMILES string of the molecule is O=C(c1c[nH]c(=O)n(Cc2cccs2)c1=O)N1CCN(CCc2ccccc2)CC1. The van der Waals surface area contributed by atoms with Gasteiger partial charge in [0.15, 0.2) is 0 Å². The van der Waals surface area contributed by atoms with Gasteiger partial charge in [-0.3, -0.25) is 19.1 Å². The van der Waals surface area contributed by atoms with Crippen LogP contribution in [0, 0.1) is 0 Å². The van der Waals surface area contributed by atoms with Crippen molar-refractivity contribution >= 4 is 17.2 Å². The zero-order valence-electron chi connectivity index (χ0n) is 16.6. The Balaban J connectivity index is 1.39. The number of piperazine rings is 1. The average molecular weight is 425 g/mol. The third kappa shape index (κ3) is 4.60. The van der Waals surface area contributed by atoms with E-state index in [2.05, 4.69) is 22.0 Å². The van der Waals surface area contributed by atoms with Gasteiger partial charge >= 0.3 is 5.69 Å².